The van der Waals surface area contributed by atoms with Crippen LogP contribution in [0.1, 0.15) is 10.4 Å². The summed E-state index contributed by atoms with van der Waals surface area (Å²) >= 11 is 0. The molecule has 6 N–H and O–H groups in total. The molecule has 3 aromatic heterocycles. The first-order valence-electron chi connectivity index (χ1n) is 5.76. The van der Waals surface area contributed by atoms with Gasteiger partial charge in [-0.1, -0.05) is 0 Å². The summed E-state index contributed by atoms with van der Waals surface area (Å²) in [7, 11) is 0. The van der Waals surface area contributed by atoms with E-state index in [0.29, 0.717) is 0 Å². The van der Waals surface area contributed by atoms with Gasteiger partial charge in [0.2, 0.25) is 11.8 Å². The lowest BCUT2D eigenvalue weighted by Gasteiger charge is -2.04. The van der Waals surface area contributed by atoms with E-state index in [2.05, 4.69) is 25.5 Å². The van der Waals surface area contributed by atoms with Crippen molar-refractivity contribution in [3.05, 3.63) is 43.0 Å². The van der Waals surface area contributed by atoms with E-state index in [1.165, 1.54) is 6.20 Å². The van der Waals surface area contributed by atoms with Crippen LogP contribution in [0.25, 0.3) is 11.0 Å². The van der Waals surface area contributed by atoms with Crippen molar-refractivity contribution in [2.45, 2.75) is 0 Å². The average Bonchev–Trinajstić information content (AvgIpc) is 2.85. The number of hydrogen-bond acceptors (Lipinski definition) is 7. The first-order valence-corrected chi connectivity index (χ1v) is 5.76. The number of anilines is 1. The number of hydrogen-bond donors (Lipinski definition) is 6. The largest absolute Gasteiger partial charge is 0.494 e. The van der Waals surface area contributed by atoms with Gasteiger partial charge in [-0.05, 0) is 0 Å². The molecule has 0 spiro atoms. The summed E-state index contributed by atoms with van der Waals surface area (Å²) in [5.41, 5.74) is -3.23. The Morgan fingerprint density at radius 3 is 2.64 bits per heavy atom. The molecule has 1 amide bonds. The third kappa shape index (κ3) is 2.13. The van der Waals surface area contributed by atoms with Crippen LogP contribution in [-0.2, 0) is 0 Å². The van der Waals surface area contributed by atoms with E-state index in [1.807, 2.05) is 4.98 Å². The molecule has 12 heteroatoms. The Kier molecular flexibility index (Phi) is 2.83. The Hall–Kier alpha value is -3.70. The minimum Gasteiger partial charge on any atom is -0.494 e. The van der Waals surface area contributed by atoms with Crippen LogP contribution in [0.3, 0.4) is 0 Å². The predicted molar refractivity (Wildman–Crippen MR) is 71.8 cm³/mol. The molecular weight excluding hydrogens is 298 g/mol. The quantitative estimate of drug-likeness (QED) is 0.315. The highest BCUT2D eigenvalue weighted by molar-refractivity contribution is 6.04. The fourth-order valence-electron chi connectivity index (χ4n) is 1.76. The van der Waals surface area contributed by atoms with E-state index < -0.39 is 34.2 Å². The van der Waals surface area contributed by atoms with Crippen LogP contribution in [0.2, 0.25) is 0 Å². The lowest BCUT2D eigenvalue weighted by molar-refractivity contribution is 0.102. The maximum Gasteiger partial charge on any atom is 0.328 e. The Morgan fingerprint density at radius 1 is 1.14 bits per heavy atom. The molecule has 0 unspecified atom stereocenters. The number of carbonyl (C=O) groups excluding carboxylic acids is 1. The van der Waals surface area contributed by atoms with Crippen LogP contribution in [-0.4, -0.2) is 41.1 Å². The van der Waals surface area contributed by atoms with Crippen molar-refractivity contribution in [2.75, 3.05) is 5.32 Å². The van der Waals surface area contributed by atoms with E-state index in [4.69, 9.17) is 0 Å². The van der Waals surface area contributed by atoms with Crippen LogP contribution in [0.5, 0.6) is 5.88 Å². The summed E-state index contributed by atoms with van der Waals surface area (Å²) in [6, 6.07) is 0. The normalized spacial score (nSPS) is 10.7. The van der Waals surface area contributed by atoms with Crippen molar-refractivity contribution in [3.8, 4) is 5.88 Å². The van der Waals surface area contributed by atoms with E-state index in [1.54, 1.807) is 4.98 Å². The van der Waals surface area contributed by atoms with Crippen molar-refractivity contribution < 1.29 is 9.90 Å². The Balaban J connectivity index is 2.02. The van der Waals surface area contributed by atoms with E-state index in [-0.39, 0.29) is 17.0 Å². The predicted octanol–water partition coefficient (Wildman–Crippen LogP) is -2.02. The van der Waals surface area contributed by atoms with Crippen molar-refractivity contribution in [1.82, 2.24) is 30.1 Å². The first kappa shape index (κ1) is 13.3. The van der Waals surface area contributed by atoms with E-state index in [9.17, 15) is 24.3 Å². The van der Waals surface area contributed by atoms with E-state index >= 15 is 0 Å². The van der Waals surface area contributed by atoms with Crippen LogP contribution in [0.15, 0.2) is 20.6 Å². The number of aromatic amines is 4. The van der Waals surface area contributed by atoms with Crippen LogP contribution in [0, 0.1) is 0 Å². The van der Waals surface area contributed by atoms with Gasteiger partial charge in [-0.3, -0.25) is 39.8 Å². The topological polar surface area (TPSA) is 189 Å². The molecule has 0 bridgehead atoms. The monoisotopic (exact) mass is 305 g/mol. The highest BCUT2D eigenvalue weighted by Gasteiger charge is 2.19. The molecule has 12 nitrogen and oxygen atoms in total. The van der Waals surface area contributed by atoms with Gasteiger partial charge in [-0.25, -0.2) is 4.79 Å². The molecule has 0 aliphatic carbocycles. The third-order valence-corrected chi connectivity index (χ3v) is 2.70. The van der Waals surface area contributed by atoms with Gasteiger partial charge in [0.25, 0.3) is 17.0 Å². The van der Waals surface area contributed by atoms with Crippen LogP contribution < -0.4 is 22.1 Å². The summed E-state index contributed by atoms with van der Waals surface area (Å²) in [5.74, 6) is -2.25. The Morgan fingerprint density at radius 2 is 1.91 bits per heavy atom. The molecule has 3 aromatic rings. The molecule has 0 saturated heterocycles. The minimum absolute atomic E-state index is 0.124. The second kappa shape index (κ2) is 4.69. The molecule has 0 atom stereocenters. The highest BCUT2D eigenvalue weighted by atomic mass is 16.3. The molecular formula is C10H7N7O5. The fourth-order valence-corrected chi connectivity index (χ4v) is 1.76. The number of carbonyl (C=O) groups is 1. The standard InChI is InChI=1S/C10H7N7O5/c18-5-2-1-11-17-4(2)12-9(13-5)14-6(19)3-7(20)15-10(22)16-8(3)21/h1H,(H3,15,16,20,21,22)(H3,11,12,13,14,17,18,19). The zero-order valence-corrected chi connectivity index (χ0v) is 10.6. The van der Waals surface area contributed by atoms with Gasteiger partial charge in [0.05, 0.1) is 6.20 Å². The van der Waals surface area contributed by atoms with Crippen LogP contribution >= 0.6 is 0 Å². The number of nitrogens with zero attached hydrogens (tertiary/aromatic N) is 2. The van der Waals surface area contributed by atoms with Gasteiger partial charge >= 0.3 is 5.69 Å². The molecule has 22 heavy (non-hydrogen) atoms. The average molecular weight is 305 g/mol. The molecule has 0 radical (unpaired) electrons. The molecule has 0 fully saturated rings. The smallest absolute Gasteiger partial charge is 0.328 e. The lowest BCUT2D eigenvalue weighted by atomic mass is 10.3. The van der Waals surface area contributed by atoms with Crippen LogP contribution in [0.4, 0.5) is 5.95 Å². The van der Waals surface area contributed by atoms with Gasteiger partial charge < -0.3 is 5.11 Å². The number of H-pyrrole nitrogens is 4. The maximum atomic E-state index is 12.0. The second-order valence-corrected chi connectivity index (χ2v) is 4.13. The van der Waals surface area contributed by atoms with Gasteiger partial charge in [0.1, 0.15) is 5.39 Å². The zero-order chi connectivity index (χ0) is 15.9. The van der Waals surface area contributed by atoms with Crippen molar-refractivity contribution in [2.24, 2.45) is 0 Å². The number of aromatic hydroxyl groups is 1. The molecule has 112 valence electrons. The van der Waals surface area contributed by atoms with Gasteiger partial charge in [0.15, 0.2) is 11.2 Å². The number of aromatic nitrogens is 6. The van der Waals surface area contributed by atoms with Gasteiger partial charge in [-0.15, -0.1) is 0 Å². The minimum atomic E-state index is -1.09. The maximum absolute atomic E-state index is 12.0. The lowest BCUT2D eigenvalue weighted by Crippen LogP contribution is -2.30. The molecule has 0 saturated carbocycles. The number of nitrogens with one attached hydrogen (secondary N) is 5. The highest BCUT2D eigenvalue weighted by Crippen LogP contribution is 2.08. The molecule has 3 heterocycles. The fraction of sp³-hybridized carbons (Fsp3) is 0. The molecule has 0 aliphatic heterocycles. The summed E-state index contributed by atoms with van der Waals surface area (Å²) < 4.78 is 0. The molecule has 0 aliphatic rings. The van der Waals surface area contributed by atoms with Crippen molar-refractivity contribution in [1.29, 1.82) is 0 Å². The van der Waals surface area contributed by atoms with Gasteiger partial charge in [-0.2, -0.15) is 10.1 Å². The summed E-state index contributed by atoms with van der Waals surface area (Å²) in [4.78, 5) is 55.9. The Labute approximate surface area is 118 Å². The SMILES string of the molecule is O=C(Nc1nc2[nH]ncc2c(=O)[nH]1)c1c(O)[nH]c(=O)[nH]c1=O. The number of fused-ring (bicyclic) bond motifs is 1. The zero-order valence-electron chi connectivity index (χ0n) is 10.6. The van der Waals surface area contributed by atoms with Crippen molar-refractivity contribution in [3.63, 3.8) is 0 Å². The van der Waals surface area contributed by atoms with E-state index in [0.717, 1.165) is 0 Å². The van der Waals surface area contributed by atoms with Gasteiger partial charge in [0, 0.05) is 0 Å². The summed E-state index contributed by atoms with van der Waals surface area (Å²) in [6.45, 7) is 0. The number of rotatable bonds is 2. The number of amides is 1. The summed E-state index contributed by atoms with van der Waals surface area (Å²) in [5, 5.41) is 17.8. The second-order valence-electron chi connectivity index (χ2n) is 4.13. The van der Waals surface area contributed by atoms with Crippen molar-refractivity contribution >= 4 is 22.9 Å². The first-order chi connectivity index (χ1) is 10.5. The molecule has 3 rings (SSSR count). The third-order valence-electron chi connectivity index (χ3n) is 2.70. The molecule has 0 aromatic carbocycles. The summed E-state index contributed by atoms with van der Waals surface area (Å²) in [6.07, 6.45) is 1.26. The Bertz CT molecular complexity index is 1060.